The molecule has 0 aromatic heterocycles. The highest BCUT2D eigenvalue weighted by Crippen LogP contribution is 2.31. The molecule has 1 saturated heterocycles. The molecule has 1 aliphatic heterocycles. The van der Waals surface area contributed by atoms with Gasteiger partial charge in [-0.25, -0.2) is 22.0 Å². The molecule has 3 aromatic carbocycles. The Labute approximate surface area is 214 Å². The first kappa shape index (κ1) is 27.7. The summed E-state index contributed by atoms with van der Waals surface area (Å²) in [5.74, 6) is -8.26. The molecule has 0 spiro atoms. The zero-order valence-electron chi connectivity index (χ0n) is 20.1. The summed E-state index contributed by atoms with van der Waals surface area (Å²) in [6, 6.07) is 9.08. The zero-order chi connectivity index (χ0) is 27.4. The van der Waals surface area contributed by atoms with Gasteiger partial charge in [-0.05, 0) is 35.8 Å². The van der Waals surface area contributed by atoms with Gasteiger partial charge in [0.25, 0.3) is 0 Å². The van der Waals surface area contributed by atoms with E-state index in [9.17, 15) is 30.7 Å². The number of hydrogen-bond acceptors (Lipinski definition) is 3. The van der Waals surface area contributed by atoms with Crippen molar-refractivity contribution < 1.29 is 44.9 Å². The predicted molar refractivity (Wildman–Crippen MR) is 126 cm³/mol. The SMILES string of the molecule is CCCC1COC(c2ccc(-c3cc(F)c(C=CC(F)(F)Oc4cc(F)c(F)c(F)c4)c(F)c3)cc2)OC1. The summed E-state index contributed by atoms with van der Waals surface area (Å²) in [6.07, 6.45) is -2.26. The summed E-state index contributed by atoms with van der Waals surface area (Å²) in [5.41, 5.74) is 0.594. The fourth-order valence-corrected chi connectivity index (χ4v) is 4.02. The molecule has 0 aliphatic carbocycles. The molecule has 0 unspecified atom stereocenters. The molecule has 202 valence electrons. The highest BCUT2D eigenvalue weighted by Gasteiger charge is 2.29. The van der Waals surface area contributed by atoms with Gasteiger partial charge < -0.3 is 14.2 Å². The third-order valence-electron chi connectivity index (χ3n) is 5.91. The monoisotopic (exact) mass is 540 g/mol. The van der Waals surface area contributed by atoms with Crippen LogP contribution in [-0.2, 0) is 9.47 Å². The van der Waals surface area contributed by atoms with Crippen molar-refractivity contribution in [1.82, 2.24) is 0 Å². The quantitative estimate of drug-likeness (QED) is 0.213. The number of ether oxygens (including phenoxy) is 3. The Kier molecular flexibility index (Phi) is 8.42. The molecule has 1 aliphatic rings. The second kappa shape index (κ2) is 11.6. The Morgan fingerprint density at radius 3 is 1.97 bits per heavy atom. The minimum absolute atomic E-state index is 0.0113. The lowest BCUT2D eigenvalue weighted by atomic mass is 10.0. The van der Waals surface area contributed by atoms with Gasteiger partial charge in [0.15, 0.2) is 23.7 Å². The maximum Gasteiger partial charge on any atom is 0.419 e. The van der Waals surface area contributed by atoms with Crippen LogP contribution in [0.5, 0.6) is 5.75 Å². The van der Waals surface area contributed by atoms with Gasteiger partial charge in [-0.1, -0.05) is 37.6 Å². The third-order valence-corrected chi connectivity index (χ3v) is 5.91. The van der Waals surface area contributed by atoms with Crippen molar-refractivity contribution in [3.63, 3.8) is 0 Å². The maximum atomic E-state index is 14.7. The molecule has 1 fully saturated rings. The molecule has 0 radical (unpaired) electrons. The van der Waals surface area contributed by atoms with E-state index in [0.29, 0.717) is 30.8 Å². The average Bonchev–Trinajstić information content (AvgIpc) is 2.87. The number of benzene rings is 3. The number of alkyl halides is 2. The van der Waals surface area contributed by atoms with E-state index in [1.807, 2.05) is 0 Å². The Hall–Kier alpha value is -3.37. The molecule has 3 nitrogen and oxygen atoms in total. The minimum atomic E-state index is -4.22. The molecule has 1 heterocycles. The van der Waals surface area contributed by atoms with Crippen LogP contribution in [0.15, 0.2) is 54.6 Å². The smallest absolute Gasteiger partial charge is 0.419 e. The van der Waals surface area contributed by atoms with Gasteiger partial charge in [-0.15, -0.1) is 0 Å². The number of rotatable bonds is 8. The van der Waals surface area contributed by atoms with Crippen LogP contribution in [-0.4, -0.2) is 19.3 Å². The van der Waals surface area contributed by atoms with E-state index in [2.05, 4.69) is 11.7 Å². The molecule has 10 heteroatoms. The van der Waals surface area contributed by atoms with Crippen LogP contribution in [0.1, 0.15) is 37.2 Å². The van der Waals surface area contributed by atoms with E-state index < -0.39 is 52.8 Å². The summed E-state index contributed by atoms with van der Waals surface area (Å²) in [4.78, 5) is 0. The highest BCUT2D eigenvalue weighted by atomic mass is 19.3. The van der Waals surface area contributed by atoms with Gasteiger partial charge >= 0.3 is 6.11 Å². The van der Waals surface area contributed by atoms with Crippen molar-refractivity contribution >= 4 is 6.08 Å². The molecule has 4 rings (SSSR count). The van der Waals surface area contributed by atoms with Crippen LogP contribution in [0.2, 0.25) is 0 Å². The van der Waals surface area contributed by atoms with Crippen molar-refractivity contribution in [2.45, 2.75) is 32.2 Å². The highest BCUT2D eigenvalue weighted by molar-refractivity contribution is 5.67. The van der Waals surface area contributed by atoms with Gasteiger partial charge in [0, 0.05) is 35.3 Å². The number of hydrogen-bond donors (Lipinski definition) is 0. The normalized spacial score (nSPS) is 18.2. The van der Waals surface area contributed by atoms with Crippen LogP contribution in [0, 0.1) is 35.0 Å². The third kappa shape index (κ3) is 6.54. The van der Waals surface area contributed by atoms with Crippen molar-refractivity contribution in [3.05, 3.63) is 94.8 Å². The Morgan fingerprint density at radius 1 is 0.842 bits per heavy atom. The van der Waals surface area contributed by atoms with Crippen LogP contribution < -0.4 is 4.74 Å². The molecule has 0 amide bonds. The minimum Gasteiger partial charge on any atom is -0.429 e. The molecular formula is C28H23F7O3. The lowest BCUT2D eigenvalue weighted by molar-refractivity contribution is -0.206. The lowest BCUT2D eigenvalue weighted by Crippen LogP contribution is -2.26. The summed E-state index contributed by atoms with van der Waals surface area (Å²) in [7, 11) is 0. The molecule has 0 atom stereocenters. The fourth-order valence-electron chi connectivity index (χ4n) is 4.02. The second-order valence-corrected chi connectivity index (χ2v) is 8.83. The number of halogens is 7. The average molecular weight is 540 g/mol. The molecule has 3 aromatic rings. The summed E-state index contributed by atoms with van der Waals surface area (Å²) in [5, 5.41) is 0. The molecular weight excluding hydrogens is 517 g/mol. The van der Waals surface area contributed by atoms with Crippen molar-refractivity contribution in [3.8, 4) is 16.9 Å². The van der Waals surface area contributed by atoms with E-state index in [4.69, 9.17) is 9.47 Å². The molecule has 38 heavy (non-hydrogen) atoms. The lowest BCUT2D eigenvalue weighted by Gasteiger charge is -2.29. The summed E-state index contributed by atoms with van der Waals surface area (Å²) in [6.45, 7) is 3.24. The summed E-state index contributed by atoms with van der Waals surface area (Å²) < 4.78 is 113. The Morgan fingerprint density at radius 2 is 1.42 bits per heavy atom. The second-order valence-electron chi connectivity index (χ2n) is 8.83. The van der Waals surface area contributed by atoms with Gasteiger partial charge in [0.1, 0.15) is 17.4 Å². The van der Waals surface area contributed by atoms with E-state index in [0.717, 1.165) is 30.5 Å². The maximum absolute atomic E-state index is 14.7. The van der Waals surface area contributed by atoms with E-state index >= 15 is 0 Å². The topological polar surface area (TPSA) is 27.7 Å². The van der Waals surface area contributed by atoms with Gasteiger partial charge in [0.05, 0.1) is 13.2 Å². The van der Waals surface area contributed by atoms with Gasteiger partial charge in [-0.3, -0.25) is 0 Å². The first-order valence-electron chi connectivity index (χ1n) is 11.8. The van der Waals surface area contributed by atoms with Crippen LogP contribution in [0.25, 0.3) is 17.2 Å². The first-order valence-corrected chi connectivity index (χ1v) is 11.8. The fraction of sp³-hybridized carbons (Fsp3) is 0.286. The van der Waals surface area contributed by atoms with Gasteiger partial charge in [-0.2, -0.15) is 8.78 Å². The van der Waals surface area contributed by atoms with Crippen molar-refractivity contribution in [1.29, 1.82) is 0 Å². The summed E-state index contributed by atoms with van der Waals surface area (Å²) >= 11 is 0. The predicted octanol–water partition coefficient (Wildman–Crippen LogP) is 8.20. The molecule has 0 N–H and O–H groups in total. The zero-order valence-corrected chi connectivity index (χ0v) is 20.1. The molecule has 0 bridgehead atoms. The first-order chi connectivity index (χ1) is 18.1. The molecule has 0 saturated carbocycles. The van der Waals surface area contributed by atoms with E-state index in [-0.39, 0.29) is 23.8 Å². The van der Waals surface area contributed by atoms with E-state index in [1.165, 1.54) is 0 Å². The van der Waals surface area contributed by atoms with Crippen LogP contribution >= 0.6 is 0 Å². The standard InChI is InChI=1S/C28H23F7O3/c1-2-3-16-14-36-27(37-15-16)18-6-4-17(5-7-18)19-10-22(29)21(23(30)11-19)8-9-28(34,35)38-20-12-24(31)26(33)25(32)13-20/h4-13,16,27H,2-3,14-15H2,1H3. The van der Waals surface area contributed by atoms with Crippen LogP contribution in [0.3, 0.4) is 0 Å². The van der Waals surface area contributed by atoms with Crippen molar-refractivity contribution in [2.75, 3.05) is 13.2 Å². The Bertz CT molecular complexity index is 1250. The van der Waals surface area contributed by atoms with Crippen molar-refractivity contribution in [2.24, 2.45) is 5.92 Å². The van der Waals surface area contributed by atoms with E-state index in [1.54, 1.807) is 24.3 Å². The van der Waals surface area contributed by atoms with Crippen LogP contribution in [0.4, 0.5) is 30.7 Å². The Balaban J connectivity index is 1.46. The van der Waals surface area contributed by atoms with Gasteiger partial charge in [0.2, 0.25) is 0 Å². The largest absolute Gasteiger partial charge is 0.429 e.